The van der Waals surface area contributed by atoms with Gasteiger partial charge >= 0.3 is 11.9 Å². The molecule has 1 saturated heterocycles. The number of carbonyl (C=O) groups excluding carboxylic acids is 11. The van der Waals surface area contributed by atoms with E-state index in [1.54, 1.807) is 60.8 Å². The lowest BCUT2D eigenvalue weighted by atomic mass is 10.0. The van der Waals surface area contributed by atoms with Gasteiger partial charge in [0.2, 0.25) is 65.0 Å². The highest BCUT2D eigenvalue weighted by Crippen LogP contribution is 2.22. The summed E-state index contributed by atoms with van der Waals surface area (Å²) in [6.07, 6.45) is 3.95. The molecule has 0 radical (unpaired) electrons. The van der Waals surface area contributed by atoms with E-state index in [1.165, 1.54) is 24.3 Å². The minimum absolute atomic E-state index is 0.00221. The molecule has 1 aliphatic heterocycles. The van der Waals surface area contributed by atoms with Crippen LogP contribution in [-0.2, 0) is 81.6 Å². The van der Waals surface area contributed by atoms with Gasteiger partial charge in [-0.05, 0) is 69.1 Å². The number of rotatable bonds is 38. The third kappa shape index (κ3) is 24.2. The van der Waals surface area contributed by atoms with Gasteiger partial charge in [-0.2, -0.15) is 25.3 Å². The molecule has 2 aromatic carbocycles. The normalized spacial score (nSPS) is 15.8. The van der Waals surface area contributed by atoms with E-state index in [2.05, 4.69) is 98.4 Å². The number of H-pyrrole nitrogens is 2. The van der Waals surface area contributed by atoms with Crippen LogP contribution in [-0.4, -0.2) is 211 Å². The minimum atomic E-state index is -1.77. The quantitative estimate of drug-likeness (QED) is 0.00888. The number of para-hydroxylation sites is 1. The summed E-state index contributed by atoms with van der Waals surface area (Å²) < 4.78 is 0. The summed E-state index contributed by atoms with van der Waals surface area (Å²) in [4.78, 5) is 191. The maximum atomic E-state index is 14.9. The van der Waals surface area contributed by atoms with Crippen molar-refractivity contribution in [3.8, 4) is 0 Å². The van der Waals surface area contributed by atoms with Crippen LogP contribution in [0.3, 0.4) is 0 Å². The van der Waals surface area contributed by atoms with Gasteiger partial charge in [0, 0.05) is 72.8 Å². The van der Waals surface area contributed by atoms with E-state index in [9.17, 15) is 72.5 Å². The first-order valence-corrected chi connectivity index (χ1v) is 32.2. The molecular formula is C61H86N18O15S2. The van der Waals surface area contributed by atoms with Crippen molar-refractivity contribution in [3.05, 3.63) is 90.1 Å². The van der Waals surface area contributed by atoms with E-state index >= 15 is 0 Å². The van der Waals surface area contributed by atoms with Crippen molar-refractivity contribution in [3.63, 3.8) is 0 Å². The third-order valence-electron chi connectivity index (χ3n) is 15.3. The van der Waals surface area contributed by atoms with Gasteiger partial charge in [-0.3, -0.25) is 67.3 Å². The van der Waals surface area contributed by atoms with Crippen LogP contribution in [0.5, 0.6) is 0 Å². The van der Waals surface area contributed by atoms with Gasteiger partial charge in [-0.25, -0.2) is 4.98 Å². The number of aliphatic carboxylic acids is 2. The van der Waals surface area contributed by atoms with E-state index < -0.39 is 156 Å². The average molecular weight is 1380 g/mol. The SMILES string of the molecule is CC(C)CC(NC(=O)C(N)Cc1cnc[nH]1)C(=O)NC(CS)C(=O)NCC(=O)NC(C)C(=O)NC(Cc1c[nH]c2ccccc12)C(=O)NC(Cc1ccccc1)C(=O)NC(CCCN=C(N)N)C(=O)N1CCCC1C(=O)NC(CS)C(=O)NC(CC(=O)O)C(=O)NC(C)C(=O)O. The number of imidazole rings is 1. The first-order valence-electron chi connectivity index (χ1n) is 30.9. The second-order valence-corrected chi connectivity index (χ2v) is 24.1. The number of hydrogen-bond acceptors (Lipinski definition) is 18. The summed E-state index contributed by atoms with van der Waals surface area (Å²) in [6, 6.07) is 0.588. The van der Waals surface area contributed by atoms with Crippen molar-refractivity contribution in [2.75, 3.05) is 31.1 Å². The average Bonchev–Trinajstić information content (AvgIpc) is 1.64. The number of amides is 11. The number of nitrogens with two attached hydrogens (primary N) is 3. The number of aromatic amines is 2. The van der Waals surface area contributed by atoms with Crippen molar-refractivity contribution in [1.82, 2.24) is 73.0 Å². The fourth-order valence-corrected chi connectivity index (χ4v) is 10.7. The summed E-state index contributed by atoms with van der Waals surface area (Å²) in [6.45, 7) is 5.43. The molecule has 33 nitrogen and oxygen atoms in total. The van der Waals surface area contributed by atoms with Crippen LogP contribution in [0, 0.1) is 5.92 Å². The number of thiol groups is 2. The molecule has 4 aromatic rings. The molecule has 11 atom stereocenters. The molecule has 3 heterocycles. The Labute approximate surface area is 563 Å². The maximum absolute atomic E-state index is 14.9. The molecule has 1 fully saturated rings. The fraction of sp³-hybridized carbons (Fsp3) is 0.492. The van der Waals surface area contributed by atoms with Gasteiger partial charge in [0.05, 0.1) is 25.3 Å². The highest BCUT2D eigenvalue weighted by atomic mass is 32.1. The molecular weight excluding hydrogens is 1290 g/mol. The van der Waals surface area contributed by atoms with E-state index in [0.29, 0.717) is 27.7 Å². The van der Waals surface area contributed by atoms with Crippen LogP contribution in [0.4, 0.5) is 0 Å². The van der Waals surface area contributed by atoms with E-state index in [0.717, 1.165) is 6.92 Å². The Morgan fingerprint density at radius 2 is 1.23 bits per heavy atom. The Hall–Kier alpha value is -9.77. The van der Waals surface area contributed by atoms with Crippen LogP contribution < -0.4 is 70.4 Å². The summed E-state index contributed by atoms with van der Waals surface area (Å²) >= 11 is 8.42. The van der Waals surface area contributed by atoms with Crippen LogP contribution in [0.15, 0.2) is 78.3 Å². The molecule has 35 heteroatoms. The smallest absolute Gasteiger partial charge is 0.325 e. The molecule has 1 aliphatic rings. The zero-order valence-electron chi connectivity index (χ0n) is 53.4. The molecule has 11 amide bonds. The maximum Gasteiger partial charge on any atom is 0.325 e. The number of aliphatic imine (C=N–C) groups is 1. The zero-order valence-corrected chi connectivity index (χ0v) is 55.2. The first-order chi connectivity index (χ1) is 45.6. The largest absolute Gasteiger partial charge is 0.481 e. The van der Waals surface area contributed by atoms with Crippen LogP contribution in [0.25, 0.3) is 10.9 Å². The predicted molar refractivity (Wildman–Crippen MR) is 356 cm³/mol. The Morgan fingerprint density at radius 1 is 0.646 bits per heavy atom. The number of benzene rings is 2. The number of aromatic nitrogens is 3. The lowest BCUT2D eigenvalue weighted by molar-refractivity contribution is -0.143. The Morgan fingerprint density at radius 3 is 1.86 bits per heavy atom. The number of nitrogens with one attached hydrogen (secondary N) is 12. The number of guanidine groups is 1. The number of carbonyl (C=O) groups is 13. The molecule has 11 unspecified atom stereocenters. The molecule has 522 valence electrons. The molecule has 20 N–H and O–H groups in total. The number of fused-ring (bicyclic) bond motifs is 1. The fourth-order valence-electron chi connectivity index (χ4n) is 10.2. The molecule has 0 aliphatic carbocycles. The topological polar surface area (TPSA) is 521 Å². The Bertz CT molecular complexity index is 3410. The molecule has 2 aromatic heterocycles. The van der Waals surface area contributed by atoms with Crippen LogP contribution >= 0.6 is 25.3 Å². The number of hydrogen-bond donors (Lipinski definition) is 19. The summed E-state index contributed by atoms with van der Waals surface area (Å²) in [5.74, 6) is -13.3. The van der Waals surface area contributed by atoms with Crippen LogP contribution in [0.2, 0.25) is 0 Å². The zero-order chi connectivity index (χ0) is 70.8. The van der Waals surface area contributed by atoms with E-state index in [1.807, 2.05) is 13.8 Å². The first kappa shape index (κ1) is 76.9. The van der Waals surface area contributed by atoms with Gasteiger partial charge in [0.1, 0.15) is 60.4 Å². The van der Waals surface area contributed by atoms with Crippen LogP contribution in [0.1, 0.15) is 83.0 Å². The van der Waals surface area contributed by atoms with Crippen molar-refractivity contribution in [2.45, 2.75) is 152 Å². The number of likely N-dealkylation sites (tertiary alicyclic amines) is 1. The van der Waals surface area contributed by atoms with Crippen molar-refractivity contribution < 1.29 is 72.5 Å². The van der Waals surface area contributed by atoms with Gasteiger partial charge in [0.25, 0.3) is 0 Å². The van der Waals surface area contributed by atoms with Crippen molar-refractivity contribution >= 4 is 119 Å². The number of carboxylic acid groups (broad SMARTS) is 2. The van der Waals surface area contributed by atoms with Crippen molar-refractivity contribution in [2.24, 2.45) is 28.1 Å². The van der Waals surface area contributed by atoms with Gasteiger partial charge in [-0.1, -0.05) is 62.4 Å². The number of nitrogens with zero attached hydrogens (tertiary/aromatic N) is 3. The lowest BCUT2D eigenvalue weighted by Gasteiger charge is -2.31. The standard InChI is InChI=1S/C61H86N18O15S2/c1-31(2)20-41(74-51(84)38(62)23-36-26-65-30-69-36)54(87)77-45(28-95)52(85)68-27-48(80)70-32(3)50(83)73-43(22-35-25-67-39-15-9-8-14-37(35)39)56(89)75-42(21-34-12-6-5-7-13-34)55(88)72-40(16-10-18-66-61(63)64)59(92)79-19-11-17-47(79)58(91)78-46(29-96)57(90)76-44(24-49(81)82)53(86)71-33(4)60(93)94/h5-9,12-15,25-26,30-33,38,40-47,67,95-96H,10-11,16-24,27-29,62H2,1-4H3,(H,65,69)(H,68,85)(H,70,80)(H,71,86)(H,72,88)(H,73,83)(H,74,84)(H,75,89)(H,76,90)(H,77,87)(H,78,91)(H,81,82)(H,93,94)(H4,63,64,66). The minimum Gasteiger partial charge on any atom is -0.481 e. The monoisotopic (exact) mass is 1370 g/mol. The molecule has 0 spiro atoms. The van der Waals surface area contributed by atoms with Crippen molar-refractivity contribution in [1.29, 1.82) is 0 Å². The predicted octanol–water partition coefficient (Wildman–Crippen LogP) is -3.73. The van der Waals surface area contributed by atoms with Gasteiger partial charge < -0.3 is 95.4 Å². The highest BCUT2D eigenvalue weighted by molar-refractivity contribution is 7.80. The highest BCUT2D eigenvalue weighted by Gasteiger charge is 2.41. The lowest BCUT2D eigenvalue weighted by Crippen LogP contribution is -2.60. The summed E-state index contributed by atoms with van der Waals surface area (Å²) in [7, 11) is 0. The molecule has 5 rings (SSSR count). The Kier molecular flexibility index (Phi) is 30.4. The second-order valence-electron chi connectivity index (χ2n) is 23.4. The third-order valence-corrected chi connectivity index (χ3v) is 16.0. The molecule has 0 bridgehead atoms. The Balaban J connectivity index is 1.32. The van der Waals surface area contributed by atoms with E-state index in [-0.39, 0.29) is 87.8 Å². The molecule has 0 saturated carbocycles. The second kappa shape index (κ2) is 37.9. The van der Waals surface area contributed by atoms with Gasteiger partial charge in [-0.15, -0.1) is 0 Å². The summed E-state index contributed by atoms with van der Waals surface area (Å²) in [5.41, 5.74) is 19.7. The number of carboxylic acids is 2. The summed E-state index contributed by atoms with van der Waals surface area (Å²) in [5, 5.41) is 44.6. The van der Waals surface area contributed by atoms with Gasteiger partial charge in [0.15, 0.2) is 5.96 Å². The molecule has 96 heavy (non-hydrogen) atoms. The van der Waals surface area contributed by atoms with E-state index in [4.69, 9.17) is 17.2 Å².